The molecule has 11 heteroatoms. The van der Waals surface area contributed by atoms with Gasteiger partial charge in [-0.2, -0.15) is 13.2 Å². The number of nitrogens with one attached hydrogen (secondary N) is 1. The molecule has 164 valence electrons. The Morgan fingerprint density at radius 3 is 2.81 bits per heavy atom. The van der Waals surface area contributed by atoms with Gasteiger partial charge in [-0.05, 0) is 49.4 Å². The molecule has 0 saturated heterocycles. The van der Waals surface area contributed by atoms with Crippen LogP contribution in [-0.2, 0) is 30.9 Å². The van der Waals surface area contributed by atoms with Crippen LogP contribution in [0.4, 0.5) is 18.9 Å². The van der Waals surface area contributed by atoms with Crippen molar-refractivity contribution in [1.29, 1.82) is 0 Å². The van der Waals surface area contributed by atoms with E-state index in [0.29, 0.717) is 15.4 Å². The molecule has 0 radical (unpaired) electrons. The predicted molar refractivity (Wildman–Crippen MR) is 117 cm³/mol. The monoisotopic (exact) mass is 487 g/mol. The van der Waals surface area contributed by atoms with Crippen molar-refractivity contribution in [1.82, 2.24) is 9.55 Å². The molecule has 0 saturated carbocycles. The molecule has 1 aromatic carbocycles. The van der Waals surface area contributed by atoms with Gasteiger partial charge in [0.05, 0.1) is 21.7 Å². The highest BCUT2D eigenvalue weighted by Crippen LogP contribution is 2.36. The Kier molecular flexibility index (Phi) is 6.06. The summed E-state index contributed by atoms with van der Waals surface area (Å²) in [5, 5.41) is 3.04. The number of hydrogen-bond acceptors (Lipinski definition) is 5. The van der Waals surface area contributed by atoms with Crippen molar-refractivity contribution >= 4 is 56.5 Å². The van der Waals surface area contributed by atoms with Gasteiger partial charge in [-0.25, -0.2) is 4.98 Å². The number of benzene rings is 1. The minimum Gasteiger partial charge on any atom is -0.325 e. The molecule has 1 amide bonds. The molecule has 0 unspecified atom stereocenters. The molecule has 1 aliphatic rings. The third-order valence-corrected chi connectivity index (χ3v) is 7.59. The number of anilines is 1. The number of thioether (sulfide) groups is 1. The number of thiophene rings is 1. The summed E-state index contributed by atoms with van der Waals surface area (Å²) in [5.74, 6) is -0.624. The fourth-order valence-electron chi connectivity index (χ4n) is 3.54. The van der Waals surface area contributed by atoms with Gasteiger partial charge in [-0.3, -0.25) is 14.2 Å². The van der Waals surface area contributed by atoms with Crippen LogP contribution in [0.3, 0.4) is 0 Å². The summed E-state index contributed by atoms with van der Waals surface area (Å²) in [4.78, 5) is 31.6. The molecule has 0 spiro atoms. The summed E-state index contributed by atoms with van der Waals surface area (Å²) in [6.07, 6.45) is -0.639. The smallest absolute Gasteiger partial charge is 0.325 e. The number of amides is 1. The van der Waals surface area contributed by atoms with Crippen molar-refractivity contribution in [2.45, 2.75) is 37.0 Å². The van der Waals surface area contributed by atoms with Crippen LogP contribution < -0.4 is 10.9 Å². The Morgan fingerprint density at radius 1 is 1.32 bits per heavy atom. The van der Waals surface area contributed by atoms with Gasteiger partial charge in [0.1, 0.15) is 4.83 Å². The molecule has 1 aliphatic carbocycles. The molecule has 5 nitrogen and oxygen atoms in total. The second kappa shape index (κ2) is 8.48. The van der Waals surface area contributed by atoms with Gasteiger partial charge in [-0.1, -0.05) is 23.4 Å². The first-order valence-electron chi connectivity index (χ1n) is 9.46. The second-order valence-corrected chi connectivity index (χ2v) is 9.61. The van der Waals surface area contributed by atoms with Crippen molar-refractivity contribution in [3.8, 4) is 0 Å². The van der Waals surface area contributed by atoms with E-state index in [-0.39, 0.29) is 17.0 Å². The molecule has 0 aliphatic heterocycles. The second-order valence-electron chi connectivity index (χ2n) is 7.18. The van der Waals surface area contributed by atoms with Gasteiger partial charge in [0.25, 0.3) is 5.56 Å². The van der Waals surface area contributed by atoms with E-state index in [4.69, 9.17) is 11.6 Å². The lowest BCUT2D eigenvalue weighted by atomic mass is 9.97. The number of halogens is 4. The quantitative estimate of drug-likeness (QED) is 0.402. The molecule has 0 bridgehead atoms. The van der Waals surface area contributed by atoms with Gasteiger partial charge in [0, 0.05) is 17.6 Å². The number of fused-ring (bicyclic) bond motifs is 3. The van der Waals surface area contributed by atoms with Gasteiger partial charge in [0.2, 0.25) is 5.91 Å². The number of aromatic nitrogens is 2. The van der Waals surface area contributed by atoms with Gasteiger partial charge >= 0.3 is 6.18 Å². The largest absolute Gasteiger partial charge is 0.417 e. The normalized spacial score (nSPS) is 14.0. The highest BCUT2D eigenvalue weighted by atomic mass is 35.5. The summed E-state index contributed by atoms with van der Waals surface area (Å²) in [6.45, 7) is 0. The molecule has 1 N–H and O–H groups in total. The van der Waals surface area contributed by atoms with Crippen molar-refractivity contribution in [2.75, 3.05) is 11.1 Å². The minimum absolute atomic E-state index is 0.00874. The fraction of sp³-hybridized carbons (Fsp3) is 0.350. The molecular weight excluding hydrogens is 471 g/mol. The van der Waals surface area contributed by atoms with E-state index in [1.807, 2.05) is 0 Å². The number of alkyl halides is 3. The average molecular weight is 488 g/mol. The van der Waals surface area contributed by atoms with Crippen LogP contribution >= 0.6 is 34.7 Å². The maximum absolute atomic E-state index is 13.0. The molecule has 2 heterocycles. The molecule has 0 fully saturated rings. The van der Waals surface area contributed by atoms with E-state index < -0.39 is 22.7 Å². The first-order chi connectivity index (χ1) is 14.6. The van der Waals surface area contributed by atoms with Crippen LogP contribution in [-0.4, -0.2) is 21.2 Å². The standard InChI is InChI=1S/C20H17ClF3N3O2S2/c1-27-18(29)16-11-4-2-3-5-14(11)31-17(16)26-19(27)30-9-15(28)25-10-6-7-13(21)12(8-10)20(22,23)24/h6-8H,2-5,9H2,1H3,(H,25,28). The van der Waals surface area contributed by atoms with Crippen LogP contribution in [0.25, 0.3) is 10.2 Å². The number of aryl methyl sites for hydroxylation is 2. The molecule has 4 rings (SSSR count). The lowest BCUT2D eigenvalue weighted by Crippen LogP contribution is -2.22. The van der Waals surface area contributed by atoms with Crippen LogP contribution in [0.2, 0.25) is 5.02 Å². The summed E-state index contributed by atoms with van der Waals surface area (Å²) in [6, 6.07) is 3.18. The zero-order valence-electron chi connectivity index (χ0n) is 16.3. The highest BCUT2D eigenvalue weighted by Gasteiger charge is 2.33. The third-order valence-electron chi connectivity index (χ3n) is 5.04. The third kappa shape index (κ3) is 4.47. The number of rotatable bonds is 4. The average Bonchev–Trinajstić information content (AvgIpc) is 3.08. The summed E-state index contributed by atoms with van der Waals surface area (Å²) < 4.78 is 40.4. The van der Waals surface area contributed by atoms with Gasteiger partial charge in [-0.15, -0.1) is 11.3 Å². The number of hydrogen-bond donors (Lipinski definition) is 1. The molecule has 0 atom stereocenters. The molecule has 3 aromatic rings. The van der Waals surface area contributed by atoms with Crippen molar-refractivity contribution in [3.63, 3.8) is 0 Å². The topological polar surface area (TPSA) is 64.0 Å². The zero-order chi connectivity index (χ0) is 22.3. The predicted octanol–water partition coefficient (Wildman–Crippen LogP) is 5.28. The Labute approximate surface area is 188 Å². The Bertz CT molecular complexity index is 1240. The molecule has 31 heavy (non-hydrogen) atoms. The van der Waals surface area contributed by atoms with E-state index >= 15 is 0 Å². The van der Waals surface area contributed by atoms with Crippen LogP contribution in [0, 0.1) is 0 Å². The SMILES string of the molecule is Cn1c(SCC(=O)Nc2ccc(Cl)c(C(F)(F)F)c2)nc2sc3c(c2c1=O)CCCC3. The van der Waals surface area contributed by atoms with E-state index in [1.54, 1.807) is 7.05 Å². The first kappa shape index (κ1) is 22.2. The maximum atomic E-state index is 13.0. The highest BCUT2D eigenvalue weighted by molar-refractivity contribution is 7.99. The number of carbonyl (C=O) groups is 1. The van der Waals surface area contributed by atoms with Crippen LogP contribution in [0.1, 0.15) is 28.8 Å². The van der Waals surface area contributed by atoms with E-state index in [2.05, 4.69) is 10.3 Å². The lowest BCUT2D eigenvalue weighted by Gasteiger charge is -2.12. The summed E-state index contributed by atoms with van der Waals surface area (Å²) in [7, 11) is 1.61. The van der Waals surface area contributed by atoms with Gasteiger partial charge in [0.15, 0.2) is 5.16 Å². The molecular formula is C20H17ClF3N3O2S2. The van der Waals surface area contributed by atoms with Crippen LogP contribution in [0.5, 0.6) is 0 Å². The summed E-state index contributed by atoms with van der Waals surface area (Å²) in [5.41, 5.74) is -0.0713. The Morgan fingerprint density at radius 2 is 2.06 bits per heavy atom. The Hall–Kier alpha value is -2.04. The summed E-state index contributed by atoms with van der Waals surface area (Å²) >= 11 is 8.18. The number of carbonyl (C=O) groups excluding carboxylic acids is 1. The fourth-order valence-corrected chi connectivity index (χ4v) is 5.84. The van der Waals surface area contributed by atoms with Crippen molar-refractivity contribution in [3.05, 3.63) is 49.6 Å². The minimum atomic E-state index is -4.62. The van der Waals surface area contributed by atoms with E-state index in [9.17, 15) is 22.8 Å². The van der Waals surface area contributed by atoms with Crippen LogP contribution in [0.15, 0.2) is 28.2 Å². The first-order valence-corrected chi connectivity index (χ1v) is 11.6. The van der Waals surface area contributed by atoms with E-state index in [1.165, 1.54) is 26.8 Å². The zero-order valence-corrected chi connectivity index (χ0v) is 18.7. The van der Waals surface area contributed by atoms with E-state index in [0.717, 1.165) is 55.1 Å². The molecule has 2 aromatic heterocycles. The maximum Gasteiger partial charge on any atom is 0.417 e. The van der Waals surface area contributed by atoms with Gasteiger partial charge < -0.3 is 5.32 Å². The number of nitrogens with zero attached hydrogens (tertiary/aromatic N) is 2. The Balaban J connectivity index is 1.51. The van der Waals surface area contributed by atoms with Crippen molar-refractivity contribution < 1.29 is 18.0 Å². The lowest BCUT2D eigenvalue weighted by molar-refractivity contribution is -0.137. The van der Waals surface area contributed by atoms with Crippen molar-refractivity contribution in [2.24, 2.45) is 7.05 Å².